The second kappa shape index (κ2) is 8.75. The third-order valence-corrected chi connectivity index (χ3v) is 5.62. The number of pyridine rings is 1. The summed E-state index contributed by atoms with van der Waals surface area (Å²) in [7, 11) is 3.29. The van der Waals surface area contributed by atoms with Gasteiger partial charge in [-0.1, -0.05) is 45.9 Å². The molecule has 0 saturated carbocycles. The zero-order valence-electron chi connectivity index (χ0n) is 14.2. The number of carbonyl (C=O) groups is 1. The van der Waals surface area contributed by atoms with Crippen molar-refractivity contribution in [3.63, 3.8) is 0 Å². The van der Waals surface area contributed by atoms with E-state index >= 15 is 0 Å². The Kier molecular flexibility index (Phi) is 6.16. The Morgan fingerprint density at radius 1 is 1.23 bits per heavy atom. The smallest absolute Gasteiger partial charge is 0.252 e. The molecule has 3 rings (SSSR count). The number of hydrogen-bond donors (Lipinski definition) is 1. The molecule has 1 heterocycles. The molecule has 0 radical (unpaired) electrons. The second-order valence-corrected chi connectivity index (χ2v) is 8.02. The van der Waals surface area contributed by atoms with E-state index in [2.05, 4.69) is 16.4 Å². The Morgan fingerprint density at radius 2 is 2.08 bits per heavy atom. The van der Waals surface area contributed by atoms with Crippen molar-refractivity contribution in [1.29, 1.82) is 5.26 Å². The lowest BCUT2D eigenvalue weighted by Gasteiger charge is -2.10. The van der Waals surface area contributed by atoms with Crippen LogP contribution in [0.5, 0.6) is 0 Å². The highest BCUT2D eigenvalue weighted by atomic mass is 33.1. The Bertz CT molecular complexity index is 982. The molecule has 0 fully saturated rings. The Labute approximate surface area is 160 Å². The average molecular weight is 380 g/mol. The summed E-state index contributed by atoms with van der Waals surface area (Å²) in [5.41, 5.74) is 3.14. The summed E-state index contributed by atoms with van der Waals surface area (Å²) in [6.45, 7) is 0.511. The molecule has 3 aromatic rings. The number of aromatic nitrogens is 1. The highest BCUT2D eigenvalue weighted by molar-refractivity contribution is 8.76. The predicted molar refractivity (Wildman–Crippen MR) is 108 cm³/mol. The van der Waals surface area contributed by atoms with Gasteiger partial charge in [0.2, 0.25) is 0 Å². The van der Waals surface area contributed by atoms with Crippen molar-refractivity contribution in [2.75, 3.05) is 12.8 Å². The minimum atomic E-state index is -0.111. The van der Waals surface area contributed by atoms with E-state index in [4.69, 9.17) is 5.26 Å². The fourth-order valence-corrected chi connectivity index (χ4v) is 4.21. The van der Waals surface area contributed by atoms with Gasteiger partial charge in [-0.05, 0) is 42.5 Å². The topological polar surface area (TPSA) is 65.8 Å². The van der Waals surface area contributed by atoms with Gasteiger partial charge >= 0.3 is 0 Å². The fourth-order valence-electron chi connectivity index (χ4n) is 2.72. The number of benzene rings is 2. The Balaban J connectivity index is 1.74. The molecule has 6 heteroatoms. The summed E-state index contributed by atoms with van der Waals surface area (Å²) in [6, 6.07) is 17.2. The highest BCUT2D eigenvalue weighted by Gasteiger charge is 2.12. The van der Waals surface area contributed by atoms with E-state index in [0.717, 1.165) is 21.4 Å². The Morgan fingerprint density at radius 3 is 2.88 bits per heavy atom. The first kappa shape index (κ1) is 18.3. The number of nitriles is 1. The molecule has 0 aliphatic heterocycles. The van der Waals surface area contributed by atoms with Crippen molar-refractivity contribution in [3.8, 4) is 6.07 Å². The normalized spacial score (nSPS) is 10.5. The van der Waals surface area contributed by atoms with Gasteiger partial charge in [-0.2, -0.15) is 5.26 Å². The number of para-hydroxylation sites is 1. The summed E-state index contributed by atoms with van der Waals surface area (Å²) >= 11 is 0. The van der Waals surface area contributed by atoms with E-state index < -0.39 is 0 Å². The van der Waals surface area contributed by atoms with E-state index in [1.165, 1.54) is 0 Å². The van der Waals surface area contributed by atoms with Gasteiger partial charge in [-0.3, -0.25) is 9.78 Å². The van der Waals surface area contributed by atoms with Crippen LogP contribution in [0.3, 0.4) is 0 Å². The van der Waals surface area contributed by atoms with Crippen molar-refractivity contribution in [2.45, 2.75) is 11.3 Å². The quantitative estimate of drug-likeness (QED) is 0.641. The summed E-state index contributed by atoms with van der Waals surface area (Å²) in [4.78, 5) is 18.1. The van der Waals surface area contributed by atoms with Gasteiger partial charge in [0.05, 0.1) is 22.7 Å². The minimum absolute atomic E-state index is 0.111. The molecule has 1 N–H and O–H groups in total. The molecule has 4 nitrogen and oxygen atoms in total. The molecule has 0 unspecified atom stereocenters. The fraction of sp³-hybridized carbons (Fsp3) is 0.150. The van der Waals surface area contributed by atoms with Crippen molar-refractivity contribution in [3.05, 3.63) is 71.4 Å². The third kappa shape index (κ3) is 4.18. The molecule has 1 amide bonds. The van der Waals surface area contributed by atoms with Crippen LogP contribution in [0.2, 0.25) is 0 Å². The average Bonchev–Trinajstić information content (AvgIpc) is 2.68. The van der Waals surface area contributed by atoms with Crippen LogP contribution in [0.25, 0.3) is 10.9 Å². The first-order valence-electron chi connectivity index (χ1n) is 8.08. The van der Waals surface area contributed by atoms with Gasteiger partial charge in [0.15, 0.2) is 0 Å². The SMILES string of the molecule is CSSc1cccc2c(C(=O)NCCc3cccc(C#N)c3)ccnc12. The first-order valence-corrected chi connectivity index (χ1v) is 10.6. The number of hydrogen-bond acceptors (Lipinski definition) is 5. The van der Waals surface area contributed by atoms with E-state index in [1.54, 1.807) is 39.9 Å². The highest BCUT2D eigenvalue weighted by Crippen LogP contribution is 2.34. The van der Waals surface area contributed by atoms with Crippen LogP contribution >= 0.6 is 21.6 Å². The molecule has 0 saturated heterocycles. The molecule has 2 aromatic carbocycles. The van der Waals surface area contributed by atoms with Crippen LogP contribution < -0.4 is 5.32 Å². The molecule has 26 heavy (non-hydrogen) atoms. The lowest BCUT2D eigenvalue weighted by Crippen LogP contribution is -2.26. The predicted octanol–water partition coefficient (Wildman–Crippen LogP) is 4.45. The van der Waals surface area contributed by atoms with Gasteiger partial charge in [0, 0.05) is 23.0 Å². The van der Waals surface area contributed by atoms with Crippen molar-refractivity contribution in [1.82, 2.24) is 10.3 Å². The van der Waals surface area contributed by atoms with Crippen LogP contribution in [-0.4, -0.2) is 23.7 Å². The van der Waals surface area contributed by atoms with E-state index in [9.17, 15) is 4.79 Å². The minimum Gasteiger partial charge on any atom is -0.352 e. The van der Waals surface area contributed by atoms with Crippen molar-refractivity contribution >= 4 is 38.4 Å². The number of fused-ring (bicyclic) bond motifs is 1. The number of rotatable bonds is 6. The van der Waals surface area contributed by atoms with Crippen LogP contribution in [-0.2, 0) is 6.42 Å². The summed E-state index contributed by atoms with van der Waals surface area (Å²) in [5.74, 6) is -0.111. The van der Waals surface area contributed by atoms with E-state index in [0.29, 0.717) is 24.1 Å². The van der Waals surface area contributed by atoms with Gasteiger partial charge in [0.1, 0.15) is 0 Å². The number of amides is 1. The van der Waals surface area contributed by atoms with Crippen LogP contribution in [0, 0.1) is 11.3 Å². The Hall–Kier alpha value is -2.49. The zero-order valence-corrected chi connectivity index (χ0v) is 15.9. The lowest BCUT2D eigenvalue weighted by atomic mass is 10.1. The van der Waals surface area contributed by atoms with Crippen LogP contribution in [0.1, 0.15) is 21.5 Å². The molecule has 130 valence electrons. The maximum atomic E-state index is 12.6. The van der Waals surface area contributed by atoms with Gasteiger partial charge in [-0.15, -0.1) is 0 Å². The summed E-state index contributed by atoms with van der Waals surface area (Å²) in [6.07, 6.45) is 4.37. The molecule has 1 aromatic heterocycles. The van der Waals surface area contributed by atoms with Crippen molar-refractivity contribution < 1.29 is 4.79 Å². The monoisotopic (exact) mass is 379 g/mol. The third-order valence-electron chi connectivity index (χ3n) is 3.91. The summed E-state index contributed by atoms with van der Waals surface area (Å²) in [5, 5.41) is 12.8. The number of nitrogens with one attached hydrogen (secondary N) is 1. The van der Waals surface area contributed by atoms with Gasteiger partial charge < -0.3 is 5.32 Å². The molecule has 0 aliphatic carbocycles. The van der Waals surface area contributed by atoms with E-state index in [1.807, 2.05) is 42.7 Å². The molecule has 0 aliphatic rings. The lowest BCUT2D eigenvalue weighted by molar-refractivity contribution is 0.0955. The maximum Gasteiger partial charge on any atom is 0.252 e. The van der Waals surface area contributed by atoms with Crippen LogP contribution in [0.4, 0.5) is 0 Å². The second-order valence-electron chi connectivity index (χ2n) is 5.58. The van der Waals surface area contributed by atoms with Gasteiger partial charge in [-0.25, -0.2) is 0 Å². The molecule has 0 spiro atoms. The number of carbonyl (C=O) groups excluding carboxylic acids is 1. The van der Waals surface area contributed by atoms with Gasteiger partial charge in [0.25, 0.3) is 5.91 Å². The molecular formula is C20H17N3OS2. The largest absolute Gasteiger partial charge is 0.352 e. The van der Waals surface area contributed by atoms with Crippen molar-refractivity contribution in [2.24, 2.45) is 0 Å². The first-order chi connectivity index (χ1) is 12.7. The standard InChI is InChI=1S/C20H17N3OS2/c1-25-26-18-7-3-6-16-17(9-11-22-19(16)18)20(24)23-10-8-14-4-2-5-15(12-14)13-21/h2-7,9,11-12H,8,10H2,1H3,(H,23,24). The van der Waals surface area contributed by atoms with E-state index in [-0.39, 0.29) is 5.91 Å². The molecular weight excluding hydrogens is 362 g/mol. The molecule has 0 atom stereocenters. The van der Waals surface area contributed by atoms with Crippen LogP contribution in [0.15, 0.2) is 59.6 Å². The number of nitrogens with zero attached hydrogens (tertiary/aromatic N) is 2. The summed E-state index contributed by atoms with van der Waals surface area (Å²) < 4.78 is 0. The molecule has 0 bridgehead atoms. The zero-order chi connectivity index (χ0) is 18.4. The maximum absolute atomic E-state index is 12.6.